The number of carbonyl (C=O) groups excluding carboxylic acids is 1. The molecule has 1 N–H and O–H groups in total. The molecule has 1 amide bonds. The Labute approximate surface area is 160 Å². The Balaban J connectivity index is 1.34. The van der Waals surface area contributed by atoms with E-state index >= 15 is 0 Å². The van der Waals surface area contributed by atoms with Crippen molar-refractivity contribution < 1.29 is 4.79 Å². The first kappa shape index (κ1) is 18.5. The molecule has 1 aromatic rings. The molecule has 1 aliphatic carbocycles. The smallest absolute Gasteiger partial charge is 0.268 e. The maximum atomic E-state index is 13.1. The van der Waals surface area contributed by atoms with E-state index in [2.05, 4.69) is 20.2 Å². The van der Waals surface area contributed by atoms with Crippen molar-refractivity contribution in [3.05, 3.63) is 22.6 Å². The molecular formula is C20H31N5O2. The first-order valence-corrected chi connectivity index (χ1v) is 10.4. The molecule has 1 aromatic heterocycles. The lowest BCUT2D eigenvalue weighted by atomic mass is 9.93. The minimum atomic E-state index is -0.246. The Kier molecular flexibility index (Phi) is 5.21. The zero-order valence-electron chi connectivity index (χ0n) is 16.3. The van der Waals surface area contributed by atoms with Crippen molar-refractivity contribution in [3.8, 4) is 0 Å². The molecule has 0 spiro atoms. The molecule has 3 aliphatic rings. The van der Waals surface area contributed by atoms with Crippen molar-refractivity contribution in [1.82, 2.24) is 20.0 Å². The molecule has 4 rings (SSSR count). The van der Waals surface area contributed by atoms with Crippen LogP contribution in [0, 0.1) is 5.92 Å². The maximum Gasteiger partial charge on any atom is 0.268 e. The Bertz CT molecular complexity index is 734. The third-order valence-corrected chi connectivity index (χ3v) is 6.72. The summed E-state index contributed by atoms with van der Waals surface area (Å²) in [5, 5.41) is 7.40. The fourth-order valence-corrected chi connectivity index (χ4v) is 5.06. The van der Waals surface area contributed by atoms with Crippen LogP contribution in [0.2, 0.25) is 0 Å². The van der Waals surface area contributed by atoms with Gasteiger partial charge in [-0.05, 0) is 51.1 Å². The molecule has 2 saturated heterocycles. The van der Waals surface area contributed by atoms with Gasteiger partial charge in [-0.25, -0.2) is 4.68 Å². The third kappa shape index (κ3) is 3.61. The van der Waals surface area contributed by atoms with Crippen LogP contribution >= 0.6 is 0 Å². The van der Waals surface area contributed by atoms with E-state index in [1.54, 1.807) is 19.3 Å². The van der Waals surface area contributed by atoms with Gasteiger partial charge in [0.25, 0.3) is 5.56 Å². The summed E-state index contributed by atoms with van der Waals surface area (Å²) in [4.78, 5) is 29.6. The maximum absolute atomic E-state index is 13.1. The van der Waals surface area contributed by atoms with E-state index in [0.29, 0.717) is 5.92 Å². The fourth-order valence-electron chi connectivity index (χ4n) is 5.06. The van der Waals surface area contributed by atoms with E-state index in [9.17, 15) is 9.59 Å². The Morgan fingerprint density at radius 1 is 1.22 bits per heavy atom. The number of aromatic nitrogens is 2. The highest BCUT2D eigenvalue weighted by molar-refractivity contribution is 5.86. The molecule has 3 fully saturated rings. The molecule has 0 aromatic carbocycles. The van der Waals surface area contributed by atoms with Gasteiger partial charge in [-0.3, -0.25) is 14.5 Å². The van der Waals surface area contributed by atoms with E-state index in [0.717, 1.165) is 70.5 Å². The lowest BCUT2D eigenvalue weighted by molar-refractivity contribution is -0.133. The normalized spacial score (nSPS) is 25.2. The summed E-state index contributed by atoms with van der Waals surface area (Å²) in [6.07, 6.45) is 9.57. The topological polar surface area (TPSA) is 70.5 Å². The third-order valence-electron chi connectivity index (χ3n) is 6.72. The van der Waals surface area contributed by atoms with E-state index in [4.69, 9.17) is 0 Å². The zero-order valence-corrected chi connectivity index (χ0v) is 16.3. The standard InChI is InChI=1S/C20H31N5O2/c1-23-18(26)12-17(14-22-23)24-11-6-16(15-24)13-21-19(27)20(7-2-3-8-20)25-9-4-5-10-25/h12,14,16H,2-11,13,15H2,1H3,(H,21,27)/t16-/m1/s1. The van der Waals surface area contributed by atoms with Gasteiger partial charge in [0.15, 0.2) is 0 Å². The predicted octanol–water partition coefficient (Wildman–Crippen LogP) is 1.13. The molecule has 1 atom stereocenters. The van der Waals surface area contributed by atoms with Crippen molar-refractivity contribution in [3.63, 3.8) is 0 Å². The van der Waals surface area contributed by atoms with Crippen LogP contribution < -0.4 is 15.8 Å². The molecule has 7 heteroatoms. The molecule has 0 bridgehead atoms. The summed E-state index contributed by atoms with van der Waals surface area (Å²) in [7, 11) is 1.66. The van der Waals surface area contributed by atoms with Crippen LogP contribution in [0.3, 0.4) is 0 Å². The number of amides is 1. The quantitative estimate of drug-likeness (QED) is 0.838. The van der Waals surface area contributed by atoms with Crippen LogP contribution in [0.15, 0.2) is 17.1 Å². The number of likely N-dealkylation sites (tertiary alicyclic amines) is 1. The summed E-state index contributed by atoms with van der Waals surface area (Å²) in [6, 6.07) is 1.65. The Morgan fingerprint density at radius 3 is 2.67 bits per heavy atom. The SMILES string of the molecule is Cn1ncc(N2CC[C@H](CNC(=O)C3(N4CCCC4)CCCC3)C2)cc1=O. The molecule has 0 unspecified atom stereocenters. The van der Waals surface area contributed by atoms with Crippen LogP contribution in [-0.4, -0.2) is 58.9 Å². The molecule has 148 valence electrons. The van der Waals surface area contributed by atoms with Gasteiger partial charge in [0.05, 0.1) is 11.9 Å². The number of hydrogen-bond acceptors (Lipinski definition) is 5. The van der Waals surface area contributed by atoms with Gasteiger partial charge in [-0.15, -0.1) is 0 Å². The summed E-state index contributed by atoms with van der Waals surface area (Å²) in [5.41, 5.74) is 0.555. The van der Waals surface area contributed by atoms with Crippen molar-refractivity contribution in [1.29, 1.82) is 0 Å². The van der Waals surface area contributed by atoms with Gasteiger partial charge in [0, 0.05) is 32.7 Å². The number of rotatable bonds is 5. The molecule has 27 heavy (non-hydrogen) atoms. The second kappa shape index (κ2) is 7.62. The summed E-state index contributed by atoms with van der Waals surface area (Å²) in [6.45, 7) is 4.64. The Morgan fingerprint density at radius 2 is 1.96 bits per heavy atom. The van der Waals surface area contributed by atoms with E-state index < -0.39 is 0 Å². The number of hydrogen-bond donors (Lipinski definition) is 1. The second-order valence-electron chi connectivity index (χ2n) is 8.42. The van der Waals surface area contributed by atoms with E-state index in [-0.39, 0.29) is 17.0 Å². The van der Waals surface area contributed by atoms with Crippen LogP contribution in [0.1, 0.15) is 44.9 Å². The number of aryl methyl sites for hydroxylation is 1. The minimum Gasteiger partial charge on any atom is -0.370 e. The van der Waals surface area contributed by atoms with Gasteiger partial charge in [-0.2, -0.15) is 5.10 Å². The number of nitrogens with zero attached hydrogens (tertiary/aromatic N) is 4. The van der Waals surface area contributed by atoms with E-state index in [1.165, 1.54) is 17.5 Å². The fraction of sp³-hybridized carbons (Fsp3) is 0.750. The summed E-state index contributed by atoms with van der Waals surface area (Å²) in [5.74, 6) is 0.672. The number of carbonyl (C=O) groups is 1. The summed E-state index contributed by atoms with van der Waals surface area (Å²) >= 11 is 0. The average Bonchev–Trinajstić information content (AvgIpc) is 3.42. The van der Waals surface area contributed by atoms with Gasteiger partial charge >= 0.3 is 0 Å². The minimum absolute atomic E-state index is 0.0851. The number of anilines is 1. The monoisotopic (exact) mass is 373 g/mol. The summed E-state index contributed by atoms with van der Waals surface area (Å²) < 4.78 is 1.34. The first-order chi connectivity index (χ1) is 13.1. The van der Waals surface area contributed by atoms with Crippen molar-refractivity contribution in [2.45, 2.75) is 50.5 Å². The van der Waals surface area contributed by atoms with E-state index in [1.807, 2.05) is 0 Å². The molecular weight excluding hydrogens is 342 g/mol. The lowest BCUT2D eigenvalue weighted by Gasteiger charge is -2.37. The zero-order chi connectivity index (χ0) is 18.9. The van der Waals surface area contributed by atoms with Crippen molar-refractivity contribution in [2.24, 2.45) is 13.0 Å². The van der Waals surface area contributed by atoms with Crippen LogP contribution in [-0.2, 0) is 11.8 Å². The first-order valence-electron chi connectivity index (χ1n) is 10.4. The van der Waals surface area contributed by atoms with Crippen LogP contribution in [0.4, 0.5) is 5.69 Å². The highest BCUT2D eigenvalue weighted by Crippen LogP contribution is 2.37. The Hall–Kier alpha value is -1.89. The second-order valence-corrected chi connectivity index (χ2v) is 8.42. The molecule has 7 nitrogen and oxygen atoms in total. The molecule has 3 heterocycles. The predicted molar refractivity (Wildman–Crippen MR) is 105 cm³/mol. The highest BCUT2D eigenvalue weighted by Gasteiger charge is 2.46. The largest absolute Gasteiger partial charge is 0.370 e. The van der Waals surface area contributed by atoms with Crippen LogP contribution in [0.25, 0.3) is 0 Å². The highest BCUT2D eigenvalue weighted by atomic mass is 16.2. The van der Waals surface area contributed by atoms with Gasteiger partial charge in [-0.1, -0.05) is 12.8 Å². The molecule has 1 saturated carbocycles. The van der Waals surface area contributed by atoms with Gasteiger partial charge in [0.1, 0.15) is 5.54 Å². The average molecular weight is 374 g/mol. The van der Waals surface area contributed by atoms with Crippen LogP contribution in [0.5, 0.6) is 0 Å². The van der Waals surface area contributed by atoms with Gasteiger partial charge in [0.2, 0.25) is 5.91 Å². The lowest BCUT2D eigenvalue weighted by Crippen LogP contribution is -2.56. The van der Waals surface area contributed by atoms with Crippen molar-refractivity contribution >= 4 is 11.6 Å². The van der Waals surface area contributed by atoms with Crippen molar-refractivity contribution in [2.75, 3.05) is 37.6 Å². The van der Waals surface area contributed by atoms with Gasteiger partial charge < -0.3 is 10.2 Å². The number of nitrogens with one attached hydrogen (secondary N) is 1. The molecule has 0 radical (unpaired) electrons. The molecule has 2 aliphatic heterocycles.